The third-order valence-corrected chi connectivity index (χ3v) is 11.6. The second-order valence-electron chi connectivity index (χ2n) is 15.6. The van der Waals surface area contributed by atoms with Crippen molar-refractivity contribution in [3.05, 3.63) is 95.1 Å². The molecule has 332 valence electrons. The number of halogens is 1. The molecule has 2 fully saturated rings. The Balaban J connectivity index is 0.00000326. The number of carbonyl (C=O) groups excluding carboxylic acids is 6. The van der Waals surface area contributed by atoms with Gasteiger partial charge >= 0.3 is 0 Å². The van der Waals surface area contributed by atoms with Crippen molar-refractivity contribution in [3.63, 3.8) is 0 Å². The fraction of sp³-hybridized carbons (Fsp3) is 0.404. The number of anilines is 1. The number of fused-ring (bicyclic) bond motifs is 1. The summed E-state index contributed by atoms with van der Waals surface area (Å²) >= 11 is 6.55. The number of benzene rings is 3. The summed E-state index contributed by atoms with van der Waals surface area (Å²) in [5.41, 5.74) is 8.39. The lowest BCUT2D eigenvalue weighted by Gasteiger charge is -2.32. The maximum atomic E-state index is 13.2. The smallest absolute Gasteiger partial charge is 0.266 e. The molecule has 16 heteroatoms. The summed E-state index contributed by atoms with van der Waals surface area (Å²) in [4.78, 5) is 87.7. The molecule has 1 unspecified atom stereocenters. The van der Waals surface area contributed by atoms with Crippen LogP contribution in [-0.4, -0.2) is 101 Å². The van der Waals surface area contributed by atoms with Crippen LogP contribution in [0.25, 0.3) is 22.4 Å². The lowest BCUT2D eigenvalue weighted by molar-refractivity contribution is -0.136. The van der Waals surface area contributed by atoms with Gasteiger partial charge in [-0.2, -0.15) is 0 Å². The first-order chi connectivity index (χ1) is 30.7. The lowest BCUT2D eigenvalue weighted by atomic mass is 10.0. The van der Waals surface area contributed by atoms with Gasteiger partial charge in [-0.05, 0) is 68.5 Å². The van der Waals surface area contributed by atoms with E-state index in [4.69, 9.17) is 21.3 Å². The van der Waals surface area contributed by atoms with E-state index in [2.05, 4.69) is 50.9 Å². The van der Waals surface area contributed by atoms with Crippen LogP contribution in [0.5, 0.6) is 5.75 Å². The highest BCUT2D eigenvalue weighted by molar-refractivity contribution is 6.33. The molecule has 0 aliphatic carbocycles. The molecule has 1 atom stereocenters. The summed E-state index contributed by atoms with van der Waals surface area (Å²) in [7, 11) is 1.50. The van der Waals surface area contributed by atoms with Crippen LogP contribution in [0, 0.1) is 0 Å². The zero-order valence-corrected chi connectivity index (χ0v) is 36.3. The van der Waals surface area contributed by atoms with Gasteiger partial charge in [-0.3, -0.25) is 39.0 Å². The van der Waals surface area contributed by atoms with Crippen LogP contribution in [0.1, 0.15) is 97.8 Å². The minimum Gasteiger partial charge on any atom is -0.483 e. The van der Waals surface area contributed by atoms with Crippen LogP contribution in [0.3, 0.4) is 0 Å². The van der Waals surface area contributed by atoms with Crippen LogP contribution in [0.15, 0.2) is 79.0 Å². The van der Waals surface area contributed by atoms with Crippen molar-refractivity contribution in [2.24, 2.45) is 5.73 Å². The number of ether oxygens (including phenoxy) is 1. The van der Waals surface area contributed by atoms with Crippen LogP contribution in [0.4, 0.5) is 5.95 Å². The molecule has 0 bridgehead atoms. The molecule has 3 aliphatic heterocycles. The molecule has 5 N–H and O–H groups in total. The number of hydrogen-bond acceptors (Lipinski definition) is 11. The van der Waals surface area contributed by atoms with E-state index in [1.807, 2.05) is 35.2 Å². The van der Waals surface area contributed by atoms with Crippen molar-refractivity contribution in [2.75, 3.05) is 38.6 Å². The summed E-state index contributed by atoms with van der Waals surface area (Å²) in [5, 5.41) is 8.95. The Labute approximate surface area is 372 Å². The molecule has 63 heavy (non-hydrogen) atoms. The summed E-state index contributed by atoms with van der Waals surface area (Å²) in [5.74, 6) is -2.01. The Morgan fingerprint density at radius 3 is 2.25 bits per heavy atom. The number of nitrogens with one attached hydrogen (secondary N) is 3. The molecule has 2 saturated heterocycles. The van der Waals surface area contributed by atoms with Crippen molar-refractivity contribution in [1.82, 2.24) is 30.4 Å². The number of amides is 6. The van der Waals surface area contributed by atoms with Gasteiger partial charge in [0.25, 0.3) is 17.7 Å². The maximum absolute atomic E-state index is 13.2. The van der Waals surface area contributed by atoms with Gasteiger partial charge in [0.1, 0.15) is 11.8 Å². The third kappa shape index (κ3) is 12.0. The van der Waals surface area contributed by atoms with Gasteiger partial charge in [0.2, 0.25) is 23.7 Å². The van der Waals surface area contributed by atoms with Crippen molar-refractivity contribution < 1.29 is 33.5 Å². The Kier molecular flexibility index (Phi) is 16.7. The van der Waals surface area contributed by atoms with E-state index in [-0.39, 0.29) is 54.2 Å². The minimum absolute atomic E-state index is 0.00486. The molecule has 0 saturated carbocycles. The zero-order chi connectivity index (χ0) is 44.7. The molecular formula is C47H55ClN8O7. The molecule has 4 aromatic rings. The summed E-state index contributed by atoms with van der Waals surface area (Å²) < 4.78 is 5.65. The monoisotopic (exact) mass is 878 g/mol. The number of nitrogens with two attached hydrogens (primary N) is 1. The fourth-order valence-electron chi connectivity index (χ4n) is 8.04. The minimum atomic E-state index is -1.08. The molecule has 3 aliphatic rings. The Hall–Kier alpha value is -6.19. The highest BCUT2D eigenvalue weighted by Crippen LogP contribution is 2.34. The van der Waals surface area contributed by atoms with Crippen molar-refractivity contribution in [1.29, 1.82) is 0 Å². The predicted octanol–water partition coefficient (Wildman–Crippen LogP) is 6.16. The highest BCUT2D eigenvalue weighted by Gasteiger charge is 2.46. The quantitative estimate of drug-likeness (QED) is 0.0658. The molecule has 0 radical (unpaired) electrons. The number of unbranched alkanes of at least 4 members (excludes halogenated alkanes) is 6. The normalized spacial score (nSPS) is 16.2. The number of nitrogens with zero attached hydrogens (tertiary/aromatic N) is 4. The van der Waals surface area contributed by atoms with E-state index in [1.54, 1.807) is 12.3 Å². The van der Waals surface area contributed by atoms with E-state index < -0.39 is 29.7 Å². The molecule has 0 spiro atoms. The Bertz CT molecular complexity index is 2270. The molecule has 7 rings (SSSR count). The molecular weight excluding hydrogens is 824 g/mol. The molecule has 4 heterocycles. The Morgan fingerprint density at radius 1 is 0.825 bits per heavy atom. The highest BCUT2D eigenvalue weighted by atomic mass is 35.5. The fourth-order valence-corrected chi connectivity index (χ4v) is 8.24. The van der Waals surface area contributed by atoms with E-state index in [0.29, 0.717) is 42.7 Å². The first-order valence-electron chi connectivity index (χ1n) is 21.7. The van der Waals surface area contributed by atoms with Gasteiger partial charge in [0.05, 0.1) is 28.0 Å². The van der Waals surface area contributed by atoms with E-state index in [0.717, 1.165) is 79.4 Å². The number of carbonyl (C=O) groups is 6. The van der Waals surface area contributed by atoms with E-state index in [9.17, 15) is 28.8 Å². The lowest BCUT2D eigenvalue weighted by Crippen LogP contribution is -2.54. The summed E-state index contributed by atoms with van der Waals surface area (Å²) in [6, 6.07) is 21.9. The maximum Gasteiger partial charge on any atom is 0.266 e. The predicted molar refractivity (Wildman–Crippen MR) is 240 cm³/mol. The van der Waals surface area contributed by atoms with Crippen molar-refractivity contribution in [2.45, 2.75) is 89.1 Å². The number of aromatic nitrogens is 2. The average molecular weight is 879 g/mol. The second kappa shape index (κ2) is 22.8. The van der Waals surface area contributed by atoms with Gasteiger partial charge in [-0.15, -0.1) is 0 Å². The van der Waals surface area contributed by atoms with Crippen molar-refractivity contribution in [3.8, 4) is 28.1 Å². The number of imide groups is 2. The van der Waals surface area contributed by atoms with Gasteiger partial charge in [-0.1, -0.05) is 98.3 Å². The number of hydrogen-bond donors (Lipinski definition) is 4. The molecule has 1 aromatic heterocycles. The number of piperidine rings is 2. The number of likely N-dealkylation sites (tertiary alicyclic amines) is 1. The van der Waals surface area contributed by atoms with Gasteiger partial charge in [0.15, 0.2) is 6.61 Å². The van der Waals surface area contributed by atoms with E-state index in [1.165, 1.54) is 19.2 Å². The standard InChI is InChI=1S/C46H50ClN7O7.CH5N/c47-35-28-49-46(52-42(35)32-16-11-15-31(27-32)30-13-7-6-8-14-30)50-33-22-25-53(26-23-33)40(57)19-9-4-2-1-3-5-10-24-48-39(56)29-61-37-18-12-17-34-41(37)45(60)54(44(34)59)36-20-21-38(55)51-43(36)58;1-2/h6-8,11-18,27-28,33,36H,1-5,9-10,19-26,29H2,(H,48,56)(H,49,50,52)(H,51,55,58);2H2,1H3. The van der Waals surface area contributed by atoms with Crippen LogP contribution >= 0.6 is 11.6 Å². The van der Waals surface area contributed by atoms with Gasteiger partial charge in [-0.25, -0.2) is 9.97 Å². The van der Waals surface area contributed by atoms with Gasteiger partial charge < -0.3 is 26.0 Å². The first kappa shape index (κ1) is 46.3. The number of rotatable bonds is 18. The van der Waals surface area contributed by atoms with Gasteiger partial charge in [0, 0.05) is 44.1 Å². The topological polar surface area (TPSA) is 206 Å². The largest absolute Gasteiger partial charge is 0.483 e. The average Bonchev–Trinajstić information content (AvgIpc) is 3.56. The van der Waals surface area contributed by atoms with Crippen LogP contribution in [0.2, 0.25) is 5.02 Å². The summed E-state index contributed by atoms with van der Waals surface area (Å²) in [6.07, 6.45) is 10.6. The van der Waals surface area contributed by atoms with E-state index >= 15 is 0 Å². The zero-order valence-electron chi connectivity index (χ0n) is 35.6. The second-order valence-corrected chi connectivity index (χ2v) is 16.0. The SMILES string of the molecule is CN.O=C(COc1cccc2c1C(=O)N(C1CCC(=O)NC1=O)C2=O)NCCCCCCCCCC(=O)N1CCC(Nc2ncc(Cl)c(-c3cccc(-c4ccccc4)c3)n2)CC1. The molecule has 6 amide bonds. The summed E-state index contributed by atoms with van der Waals surface area (Å²) in [6.45, 7) is 1.53. The third-order valence-electron chi connectivity index (χ3n) is 11.3. The molecule has 15 nitrogen and oxygen atoms in total. The van der Waals surface area contributed by atoms with Crippen LogP contribution < -0.4 is 26.4 Å². The Morgan fingerprint density at radius 2 is 1.51 bits per heavy atom. The molecule has 3 aromatic carbocycles. The van der Waals surface area contributed by atoms with Crippen LogP contribution in [-0.2, 0) is 19.2 Å². The first-order valence-corrected chi connectivity index (χ1v) is 22.1. The van der Waals surface area contributed by atoms with Crippen molar-refractivity contribution >= 4 is 53.0 Å².